The van der Waals surface area contributed by atoms with Crippen molar-refractivity contribution in [1.29, 1.82) is 0 Å². The van der Waals surface area contributed by atoms with Gasteiger partial charge in [0.1, 0.15) is 6.10 Å². The number of carboxylic acids is 2. The third kappa shape index (κ3) is 8.94. The summed E-state index contributed by atoms with van der Waals surface area (Å²) in [5.41, 5.74) is 4.66. The standard InChI is InChI=1S/C32H39NO4.C4H4O4/c1-32(28-23-30(35-3)29(34-2)22-26(28)16-20-37-32)27-14-17-33(18-15-27)19-21-36-31(24-10-6-4-7-11-24)25-12-8-5-9-13-25;5-3(6)1-2-4(7)8/h4-13,22-23,27,31H,14-21H2,1-3H3;1-2H,(H,5,6)(H,7,8)/b;2-1+. The van der Waals surface area contributed by atoms with E-state index in [9.17, 15) is 9.59 Å². The number of piperidine rings is 1. The molecule has 9 heteroatoms. The second kappa shape index (κ2) is 16.2. The van der Waals surface area contributed by atoms with Crippen LogP contribution >= 0.6 is 0 Å². The fraction of sp³-hybridized carbons (Fsp3) is 0.389. The molecular weight excluding hydrogens is 574 g/mol. The van der Waals surface area contributed by atoms with E-state index in [0.29, 0.717) is 24.7 Å². The maximum absolute atomic E-state index is 9.55. The first-order valence-electron chi connectivity index (χ1n) is 15.2. The first-order chi connectivity index (χ1) is 21.7. The number of likely N-dealkylation sites (tertiary alicyclic amines) is 1. The van der Waals surface area contributed by atoms with Crippen molar-refractivity contribution in [3.63, 3.8) is 0 Å². The molecule has 1 saturated heterocycles. The first-order valence-corrected chi connectivity index (χ1v) is 15.2. The van der Waals surface area contributed by atoms with Crippen LogP contribution in [0.4, 0.5) is 0 Å². The lowest BCUT2D eigenvalue weighted by molar-refractivity contribution is -0.134. The Morgan fingerprint density at radius 1 is 0.911 bits per heavy atom. The molecule has 2 heterocycles. The Labute approximate surface area is 265 Å². The van der Waals surface area contributed by atoms with E-state index < -0.39 is 11.9 Å². The molecule has 2 N–H and O–H groups in total. The van der Waals surface area contributed by atoms with Gasteiger partial charge in [0.2, 0.25) is 0 Å². The van der Waals surface area contributed by atoms with Crippen molar-refractivity contribution in [2.24, 2.45) is 5.92 Å². The number of carbonyl (C=O) groups is 2. The molecule has 1 fully saturated rings. The van der Waals surface area contributed by atoms with Crippen molar-refractivity contribution >= 4 is 11.9 Å². The molecule has 0 spiro atoms. The second-order valence-corrected chi connectivity index (χ2v) is 11.3. The molecule has 2 aliphatic heterocycles. The van der Waals surface area contributed by atoms with Crippen LogP contribution in [0, 0.1) is 5.92 Å². The quantitative estimate of drug-likeness (QED) is 0.261. The molecule has 9 nitrogen and oxygen atoms in total. The van der Waals surface area contributed by atoms with Crippen LogP contribution < -0.4 is 9.47 Å². The molecule has 0 amide bonds. The van der Waals surface area contributed by atoms with Gasteiger partial charge in [-0.25, -0.2) is 9.59 Å². The van der Waals surface area contributed by atoms with E-state index in [0.717, 1.165) is 57.0 Å². The molecule has 0 radical (unpaired) electrons. The number of aliphatic carboxylic acids is 2. The summed E-state index contributed by atoms with van der Waals surface area (Å²) in [6, 6.07) is 25.3. The normalized spacial score (nSPS) is 18.6. The lowest BCUT2D eigenvalue weighted by Gasteiger charge is -2.45. The zero-order valence-corrected chi connectivity index (χ0v) is 26.2. The fourth-order valence-electron chi connectivity index (χ4n) is 6.17. The Bertz CT molecular complexity index is 1360. The van der Waals surface area contributed by atoms with Gasteiger partial charge in [-0.2, -0.15) is 0 Å². The Hall–Kier alpha value is -4.18. The molecule has 0 aromatic heterocycles. The Kier molecular flexibility index (Phi) is 12.2. The molecule has 1 unspecified atom stereocenters. The maximum atomic E-state index is 9.55. The molecule has 2 aliphatic rings. The molecular formula is C36H43NO8. The smallest absolute Gasteiger partial charge is 0.328 e. The molecule has 3 aromatic rings. The minimum Gasteiger partial charge on any atom is -0.493 e. The van der Waals surface area contributed by atoms with E-state index in [1.807, 2.05) is 0 Å². The van der Waals surface area contributed by atoms with Gasteiger partial charge in [0.25, 0.3) is 0 Å². The largest absolute Gasteiger partial charge is 0.493 e. The van der Waals surface area contributed by atoms with E-state index >= 15 is 0 Å². The highest BCUT2D eigenvalue weighted by atomic mass is 16.5. The lowest BCUT2D eigenvalue weighted by atomic mass is 9.74. The van der Waals surface area contributed by atoms with Crippen molar-refractivity contribution in [1.82, 2.24) is 4.90 Å². The summed E-state index contributed by atoms with van der Waals surface area (Å²) in [7, 11) is 3.40. The lowest BCUT2D eigenvalue weighted by Crippen LogP contribution is -2.46. The van der Waals surface area contributed by atoms with Crippen LogP contribution in [-0.2, 0) is 31.1 Å². The Morgan fingerprint density at radius 2 is 1.44 bits per heavy atom. The van der Waals surface area contributed by atoms with E-state index in [2.05, 4.69) is 84.6 Å². The maximum Gasteiger partial charge on any atom is 0.328 e. The van der Waals surface area contributed by atoms with Gasteiger partial charge in [0.05, 0.1) is 33.0 Å². The van der Waals surface area contributed by atoms with E-state index in [-0.39, 0.29) is 11.7 Å². The average molecular weight is 618 g/mol. The van der Waals surface area contributed by atoms with Crippen LogP contribution in [0.1, 0.15) is 48.1 Å². The van der Waals surface area contributed by atoms with E-state index in [1.165, 1.54) is 22.3 Å². The van der Waals surface area contributed by atoms with Crippen LogP contribution in [0.5, 0.6) is 11.5 Å². The summed E-state index contributed by atoms with van der Waals surface area (Å²) < 4.78 is 24.2. The molecule has 0 bridgehead atoms. The van der Waals surface area contributed by atoms with Gasteiger partial charge in [-0.3, -0.25) is 0 Å². The summed E-state index contributed by atoms with van der Waals surface area (Å²) in [5.74, 6) is -0.480. The predicted octanol–water partition coefficient (Wildman–Crippen LogP) is 5.72. The van der Waals surface area contributed by atoms with Gasteiger partial charge in [-0.05, 0) is 79.6 Å². The average Bonchev–Trinajstić information content (AvgIpc) is 3.06. The highest BCUT2D eigenvalue weighted by Crippen LogP contribution is 2.46. The van der Waals surface area contributed by atoms with Crippen molar-refractivity contribution in [3.8, 4) is 11.5 Å². The van der Waals surface area contributed by atoms with Crippen LogP contribution in [0.15, 0.2) is 84.9 Å². The van der Waals surface area contributed by atoms with Gasteiger partial charge in [-0.1, -0.05) is 60.7 Å². The number of ether oxygens (including phenoxy) is 4. The highest BCUT2D eigenvalue weighted by molar-refractivity contribution is 5.89. The minimum absolute atomic E-state index is 0.0436. The third-order valence-corrected chi connectivity index (χ3v) is 8.55. The molecule has 45 heavy (non-hydrogen) atoms. The van der Waals surface area contributed by atoms with Crippen LogP contribution in [0.25, 0.3) is 0 Å². The van der Waals surface area contributed by atoms with Gasteiger partial charge < -0.3 is 34.1 Å². The monoisotopic (exact) mass is 617 g/mol. The van der Waals surface area contributed by atoms with Crippen molar-refractivity contribution in [3.05, 3.63) is 107 Å². The topological polar surface area (TPSA) is 115 Å². The summed E-state index contributed by atoms with van der Waals surface area (Å²) in [6.45, 7) is 6.75. The number of methoxy groups -OCH3 is 2. The first kappa shape index (κ1) is 33.7. The van der Waals surface area contributed by atoms with Gasteiger partial charge >= 0.3 is 11.9 Å². The number of rotatable bonds is 11. The number of fused-ring (bicyclic) bond motifs is 1. The third-order valence-electron chi connectivity index (χ3n) is 8.55. The van der Waals surface area contributed by atoms with Crippen molar-refractivity contribution < 1.29 is 38.7 Å². The van der Waals surface area contributed by atoms with Gasteiger partial charge in [0.15, 0.2) is 11.5 Å². The Balaban J connectivity index is 0.000000510. The number of carboxylic acid groups (broad SMARTS) is 2. The molecule has 5 rings (SSSR count). The van der Waals surface area contributed by atoms with Gasteiger partial charge in [-0.15, -0.1) is 0 Å². The highest BCUT2D eigenvalue weighted by Gasteiger charge is 2.42. The molecule has 0 saturated carbocycles. The summed E-state index contributed by atoms with van der Waals surface area (Å²) in [4.78, 5) is 21.6. The second-order valence-electron chi connectivity index (χ2n) is 11.3. The molecule has 240 valence electrons. The molecule has 0 aliphatic carbocycles. The molecule has 3 aromatic carbocycles. The van der Waals surface area contributed by atoms with Crippen molar-refractivity contribution in [2.45, 2.75) is 37.9 Å². The summed E-state index contributed by atoms with van der Waals surface area (Å²) in [5, 5.41) is 15.6. The number of benzene rings is 3. The summed E-state index contributed by atoms with van der Waals surface area (Å²) >= 11 is 0. The number of hydrogen-bond acceptors (Lipinski definition) is 7. The van der Waals surface area contributed by atoms with E-state index in [4.69, 9.17) is 29.2 Å². The predicted molar refractivity (Wildman–Crippen MR) is 171 cm³/mol. The number of nitrogens with zero attached hydrogens (tertiary/aromatic N) is 1. The van der Waals surface area contributed by atoms with Crippen molar-refractivity contribution in [2.75, 3.05) is 47.1 Å². The SMILES string of the molecule is COc1cc2c(cc1OC)C(C)(C1CCN(CCOC(c3ccccc3)c3ccccc3)CC1)OCC2.O=C(O)/C=C/C(=O)O. The van der Waals surface area contributed by atoms with Crippen LogP contribution in [-0.4, -0.2) is 74.1 Å². The zero-order chi connectivity index (χ0) is 32.2. The van der Waals surface area contributed by atoms with E-state index in [1.54, 1.807) is 14.2 Å². The Morgan fingerprint density at radius 3 is 1.96 bits per heavy atom. The minimum atomic E-state index is -1.26. The molecule has 1 atom stereocenters. The fourth-order valence-corrected chi connectivity index (χ4v) is 6.17. The zero-order valence-electron chi connectivity index (χ0n) is 26.2. The van der Waals surface area contributed by atoms with Crippen LogP contribution in [0.2, 0.25) is 0 Å². The number of hydrogen-bond donors (Lipinski definition) is 2. The van der Waals surface area contributed by atoms with Gasteiger partial charge in [0, 0.05) is 18.7 Å². The summed E-state index contributed by atoms with van der Waals surface area (Å²) in [6.07, 6.45) is 4.18. The van der Waals surface area contributed by atoms with Crippen LogP contribution in [0.3, 0.4) is 0 Å².